The van der Waals surface area contributed by atoms with Gasteiger partial charge in [0, 0.05) is 17.8 Å². The molecule has 0 spiro atoms. The molecule has 0 atom stereocenters. The number of nitrogens with one attached hydrogen (secondary N) is 2. The number of fused-ring (bicyclic) bond motifs is 1. The summed E-state index contributed by atoms with van der Waals surface area (Å²) in [6.07, 6.45) is 1.19. The maximum atomic E-state index is 3.46. The number of aromatic nitrogens is 1. The lowest BCUT2D eigenvalue weighted by atomic mass is 10.2. The largest absolute Gasteiger partial charge is 0.357 e. The van der Waals surface area contributed by atoms with Crippen LogP contribution in [-0.2, 0) is 6.54 Å². The average Bonchev–Trinajstić information content (AvgIpc) is 2.70. The van der Waals surface area contributed by atoms with Gasteiger partial charge in [-0.2, -0.15) is 0 Å². The Hall–Kier alpha value is -1.32. The third kappa shape index (κ3) is 3.58. The Morgan fingerprint density at radius 1 is 1.24 bits per heavy atom. The maximum Gasteiger partial charge on any atom is 0.0456 e. The standard InChI is InChI=1S/C14H21N3/c1-17(2)9-5-8-15-11-13-10-12-6-3-4-7-14(12)16-13/h3-4,6-7,10,15-16H,5,8-9,11H2,1-2H3. The summed E-state index contributed by atoms with van der Waals surface area (Å²) in [6.45, 7) is 3.12. The molecule has 1 heterocycles. The molecule has 0 saturated carbocycles. The lowest BCUT2D eigenvalue weighted by Gasteiger charge is -2.09. The third-order valence-electron chi connectivity index (χ3n) is 2.86. The Morgan fingerprint density at radius 3 is 2.82 bits per heavy atom. The van der Waals surface area contributed by atoms with E-state index in [1.54, 1.807) is 0 Å². The Bertz CT molecular complexity index is 426. The predicted molar refractivity (Wildman–Crippen MR) is 73.2 cm³/mol. The molecule has 0 aliphatic carbocycles. The summed E-state index contributed by atoms with van der Waals surface area (Å²) in [4.78, 5) is 5.64. The number of nitrogens with zero attached hydrogens (tertiary/aromatic N) is 1. The topological polar surface area (TPSA) is 31.1 Å². The van der Waals surface area contributed by atoms with Crippen LogP contribution < -0.4 is 5.32 Å². The van der Waals surface area contributed by atoms with Gasteiger partial charge < -0.3 is 15.2 Å². The van der Waals surface area contributed by atoms with Gasteiger partial charge in [0.25, 0.3) is 0 Å². The van der Waals surface area contributed by atoms with Crippen molar-refractivity contribution < 1.29 is 0 Å². The molecule has 1 aromatic carbocycles. The van der Waals surface area contributed by atoms with Gasteiger partial charge in [-0.3, -0.25) is 0 Å². The number of para-hydroxylation sites is 1. The van der Waals surface area contributed by atoms with Crippen LogP contribution in [0.4, 0.5) is 0 Å². The molecule has 0 fully saturated rings. The first-order valence-electron chi connectivity index (χ1n) is 6.18. The van der Waals surface area contributed by atoms with Crippen LogP contribution in [0.5, 0.6) is 0 Å². The van der Waals surface area contributed by atoms with E-state index < -0.39 is 0 Å². The van der Waals surface area contributed by atoms with Gasteiger partial charge in [-0.25, -0.2) is 0 Å². The van der Waals surface area contributed by atoms with Gasteiger partial charge in [-0.15, -0.1) is 0 Å². The van der Waals surface area contributed by atoms with Crippen molar-refractivity contribution in [3.8, 4) is 0 Å². The lowest BCUT2D eigenvalue weighted by Crippen LogP contribution is -2.21. The molecule has 0 radical (unpaired) electrons. The highest BCUT2D eigenvalue weighted by atomic mass is 15.1. The Labute approximate surface area is 103 Å². The van der Waals surface area contributed by atoms with E-state index in [1.165, 1.54) is 23.0 Å². The second kappa shape index (κ2) is 5.84. The number of rotatable bonds is 6. The summed E-state index contributed by atoms with van der Waals surface area (Å²) < 4.78 is 0. The van der Waals surface area contributed by atoms with Crippen LogP contribution in [0.1, 0.15) is 12.1 Å². The maximum absolute atomic E-state index is 3.46. The molecule has 2 rings (SSSR count). The summed E-state index contributed by atoms with van der Waals surface area (Å²) >= 11 is 0. The van der Waals surface area contributed by atoms with Crippen LogP contribution in [0.15, 0.2) is 30.3 Å². The first-order chi connectivity index (χ1) is 8.25. The van der Waals surface area contributed by atoms with Gasteiger partial charge in [0.1, 0.15) is 0 Å². The summed E-state index contributed by atoms with van der Waals surface area (Å²) in [5, 5.41) is 4.75. The van der Waals surface area contributed by atoms with Crippen molar-refractivity contribution in [2.75, 3.05) is 27.2 Å². The molecule has 3 nitrogen and oxygen atoms in total. The van der Waals surface area contributed by atoms with Gasteiger partial charge in [0.15, 0.2) is 0 Å². The van der Waals surface area contributed by atoms with Crippen LogP contribution in [0, 0.1) is 0 Å². The van der Waals surface area contributed by atoms with Crippen molar-refractivity contribution in [3.05, 3.63) is 36.0 Å². The van der Waals surface area contributed by atoms with E-state index in [2.05, 4.69) is 59.6 Å². The molecule has 17 heavy (non-hydrogen) atoms. The van der Waals surface area contributed by atoms with Crippen molar-refractivity contribution >= 4 is 10.9 Å². The molecule has 0 saturated heterocycles. The molecule has 0 aliphatic heterocycles. The Morgan fingerprint density at radius 2 is 2.06 bits per heavy atom. The summed E-state index contributed by atoms with van der Waals surface area (Å²) in [7, 11) is 4.22. The third-order valence-corrected chi connectivity index (χ3v) is 2.86. The second-order valence-corrected chi connectivity index (χ2v) is 4.72. The van der Waals surface area contributed by atoms with E-state index in [1.807, 2.05) is 0 Å². The van der Waals surface area contributed by atoms with Crippen molar-refractivity contribution in [1.29, 1.82) is 0 Å². The fourth-order valence-electron chi connectivity index (χ4n) is 1.97. The molecule has 92 valence electrons. The second-order valence-electron chi connectivity index (χ2n) is 4.72. The number of H-pyrrole nitrogens is 1. The van der Waals surface area contributed by atoms with Crippen molar-refractivity contribution in [3.63, 3.8) is 0 Å². The molecular weight excluding hydrogens is 210 g/mol. The molecule has 3 heteroatoms. The molecule has 1 aromatic heterocycles. The van der Waals surface area contributed by atoms with Crippen LogP contribution in [-0.4, -0.2) is 37.1 Å². The van der Waals surface area contributed by atoms with Crippen LogP contribution >= 0.6 is 0 Å². The highest BCUT2D eigenvalue weighted by Crippen LogP contribution is 2.14. The fourth-order valence-corrected chi connectivity index (χ4v) is 1.97. The van der Waals surface area contributed by atoms with E-state index in [9.17, 15) is 0 Å². The number of benzene rings is 1. The van der Waals surface area contributed by atoms with Crippen LogP contribution in [0.2, 0.25) is 0 Å². The highest BCUT2D eigenvalue weighted by Gasteiger charge is 1.99. The fraction of sp³-hybridized carbons (Fsp3) is 0.429. The smallest absolute Gasteiger partial charge is 0.0456 e. The molecule has 0 amide bonds. The Balaban J connectivity index is 1.79. The zero-order valence-corrected chi connectivity index (χ0v) is 10.7. The quantitative estimate of drug-likeness (QED) is 0.747. The number of hydrogen-bond donors (Lipinski definition) is 2. The van der Waals surface area contributed by atoms with E-state index in [0.717, 1.165) is 19.6 Å². The monoisotopic (exact) mass is 231 g/mol. The zero-order chi connectivity index (χ0) is 12.1. The van der Waals surface area contributed by atoms with E-state index in [-0.39, 0.29) is 0 Å². The van der Waals surface area contributed by atoms with E-state index >= 15 is 0 Å². The Kier molecular flexibility index (Phi) is 4.18. The minimum absolute atomic E-state index is 0.919. The molecular formula is C14H21N3. The summed E-state index contributed by atoms with van der Waals surface area (Å²) in [5.74, 6) is 0. The number of aromatic amines is 1. The SMILES string of the molecule is CN(C)CCCNCc1cc2ccccc2[nH]1. The normalized spacial score (nSPS) is 11.5. The van der Waals surface area contributed by atoms with Gasteiger partial charge in [-0.05, 0) is 51.1 Å². The molecule has 2 N–H and O–H groups in total. The predicted octanol–water partition coefficient (Wildman–Crippen LogP) is 2.21. The first kappa shape index (κ1) is 12.1. The van der Waals surface area contributed by atoms with Gasteiger partial charge in [-0.1, -0.05) is 18.2 Å². The van der Waals surface area contributed by atoms with Crippen molar-refractivity contribution in [2.24, 2.45) is 0 Å². The van der Waals surface area contributed by atoms with E-state index in [0.29, 0.717) is 0 Å². The van der Waals surface area contributed by atoms with Gasteiger partial charge >= 0.3 is 0 Å². The zero-order valence-electron chi connectivity index (χ0n) is 10.7. The minimum atomic E-state index is 0.919. The first-order valence-corrected chi connectivity index (χ1v) is 6.18. The summed E-state index contributed by atoms with van der Waals surface area (Å²) in [6, 6.07) is 10.6. The van der Waals surface area contributed by atoms with E-state index in [4.69, 9.17) is 0 Å². The van der Waals surface area contributed by atoms with Gasteiger partial charge in [0.2, 0.25) is 0 Å². The van der Waals surface area contributed by atoms with Crippen LogP contribution in [0.25, 0.3) is 10.9 Å². The van der Waals surface area contributed by atoms with Crippen LogP contribution in [0.3, 0.4) is 0 Å². The highest BCUT2D eigenvalue weighted by molar-refractivity contribution is 5.80. The van der Waals surface area contributed by atoms with Gasteiger partial charge in [0.05, 0.1) is 0 Å². The van der Waals surface area contributed by atoms with Crippen molar-refractivity contribution in [1.82, 2.24) is 15.2 Å². The molecule has 0 bridgehead atoms. The summed E-state index contributed by atoms with van der Waals surface area (Å²) in [5.41, 5.74) is 2.48. The van der Waals surface area contributed by atoms with Crippen molar-refractivity contribution in [2.45, 2.75) is 13.0 Å². The average molecular weight is 231 g/mol. The molecule has 0 aliphatic rings. The molecule has 2 aromatic rings. The minimum Gasteiger partial charge on any atom is -0.357 e. The molecule has 0 unspecified atom stereocenters. The lowest BCUT2D eigenvalue weighted by molar-refractivity contribution is 0.394. The number of hydrogen-bond acceptors (Lipinski definition) is 2.